The molecule has 0 N–H and O–H groups in total. The van der Waals surface area contributed by atoms with Crippen molar-refractivity contribution in [2.75, 3.05) is 19.9 Å². The van der Waals surface area contributed by atoms with Gasteiger partial charge in [0.2, 0.25) is 6.79 Å². The molecule has 2 aliphatic heterocycles. The van der Waals surface area contributed by atoms with Crippen molar-refractivity contribution in [2.45, 2.75) is 6.92 Å². The highest BCUT2D eigenvalue weighted by Gasteiger charge is 2.35. The average Bonchev–Trinajstić information content (AvgIpc) is 3.22. The average molecular weight is 418 g/mol. The maximum Gasteiger partial charge on any atom is 0.293 e. The summed E-state index contributed by atoms with van der Waals surface area (Å²) in [7, 11) is 0. The zero-order valence-electron chi connectivity index (χ0n) is 14.9. The molecule has 144 valence electrons. The van der Waals surface area contributed by atoms with Crippen LogP contribution in [0.3, 0.4) is 0 Å². The van der Waals surface area contributed by atoms with E-state index in [1.807, 2.05) is 31.2 Å². The highest BCUT2D eigenvalue weighted by atomic mass is 35.5. The van der Waals surface area contributed by atoms with Crippen LogP contribution in [0, 0.1) is 6.92 Å². The van der Waals surface area contributed by atoms with Crippen molar-refractivity contribution in [2.24, 2.45) is 0 Å². The van der Waals surface area contributed by atoms with Crippen molar-refractivity contribution in [1.82, 2.24) is 4.90 Å². The number of carbonyl (C=O) groups is 2. The predicted octanol–water partition coefficient (Wildman–Crippen LogP) is 4.49. The summed E-state index contributed by atoms with van der Waals surface area (Å²) in [6.07, 6.45) is 1.59. The van der Waals surface area contributed by atoms with Gasteiger partial charge < -0.3 is 14.2 Å². The van der Waals surface area contributed by atoms with Crippen molar-refractivity contribution in [3.8, 4) is 17.2 Å². The molecule has 28 heavy (non-hydrogen) atoms. The molecule has 4 rings (SSSR count). The molecule has 2 amide bonds. The molecule has 2 aromatic rings. The smallest absolute Gasteiger partial charge is 0.293 e. The molecule has 1 saturated heterocycles. The molecule has 0 aromatic heterocycles. The van der Waals surface area contributed by atoms with Crippen LogP contribution < -0.4 is 14.2 Å². The lowest BCUT2D eigenvalue weighted by Crippen LogP contribution is -2.32. The molecule has 0 radical (unpaired) electrons. The fourth-order valence-electron chi connectivity index (χ4n) is 2.77. The van der Waals surface area contributed by atoms with E-state index in [2.05, 4.69) is 0 Å². The summed E-state index contributed by atoms with van der Waals surface area (Å²) < 4.78 is 16.2. The summed E-state index contributed by atoms with van der Waals surface area (Å²) in [6, 6.07) is 10.9. The van der Waals surface area contributed by atoms with Crippen molar-refractivity contribution in [1.29, 1.82) is 0 Å². The second-order valence-electron chi connectivity index (χ2n) is 6.22. The van der Waals surface area contributed by atoms with E-state index in [4.69, 9.17) is 25.8 Å². The Kier molecular flexibility index (Phi) is 5.19. The third kappa shape index (κ3) is 3.81. The Hall–Kier alpha value is -2.64. The van der Waals surface area contributed by atoms with E-state index in [0.717, 1.165) is 17.3 Å². The Morgan fingerprint density at radius 3 is 2.64 bits per heavy atom. The first-order chi connectivity index (χ1) is 13.5. The van der Waals surface area contributed by atoms with E-state index >= 15 is 0 Å². The van der Waals surface area contributed by atoms with Crippen LogP contribution in [0.5, 0.6) is 17.2 Å². The first-order valence-electron chi connectivity index (χ1n) is 8.55. The summed E-state index contributed by atoms with van der Waals surface area (Å²) in [5, 5.41) is 0.0828. The van der Waals surface area contributed by atoms with Crippen LogP contribution in [-0.4, -0.2) is 36.0 Å². The number of rotatable bonds is 5. The number of thioether (sulfide) groups is 1. The van der Waals surface area contributed by atoms with E-state index in [1.165, 1.54) is 4.90 Å². The normalized spacial score (nSPS) is 16.9. The largest absolute Gasteiger partial charge is 0.492 e. The number of halogens is 1. The third-order valence-electron chi connectivity index (χ3n) is 4.26. The van der Waals surface area contributed by atoms with Crippen molar-refractivity contribution >= 4 is 40.6 Å². The molecular weight excluding hydrogens is 402 g/mol. The Morgan fingerprint density at radius 2 is 1.89 bits per heavy atom. The standard InChI is InChI=1S/C20H16ClNO5S/c1-12-2-4-14(5-3-12)25-7-6-22-19(23)18(28-20(22)24)9-13-8-16-17(10-15(13)21)27-11-26-16/h2-5,8-10H,6-7,11H2,1H3/b18-9-. The molecule has 8 heteroatoms. The van der Waals surface area contributed by atoms with Crippen LogP contribution in [0.1, 0.15) is 11.1 Å². The van der Waals surface area contributed by atoms with Gasteiger partial charge in [-0.3, -0.25) is 14.5 Å². The van der Waals surface area contributed by atoms with Crippen LogP contribution in [0.25, 0.3) is 6.08 Å². The summed E-state index contributed by atoms with van der Waals surface area (Å²) >= 11 is 7.13. The molecule has 0 atom stereocenters. The molecular formula is C20H16ClNO5S. The second kappa shape index (κ2) is 7.77. The molecule has 0 unspecified atom stereocenters. The highest BCUT2D eigenvalue weighted by molar-refractivity contribution is 8.18. The maximum absolute atomic E-state index is 12.6. The molecule has 2 aromatic carbocycles. The summed E-state index contributed by atoms with van der Waals surface area (Å²) in [4.78, 5) is 26.3. The number of imide groups is 1. The lowest BCUT2D eigenvalue weighted by molar-refractivity contribution is -0.123. The van der Waals surface area contributed by atoms with Gasteiger partial charge in [0.15, 0.2) is 11.5 Å². The minimum atomic E-state index is -0.365. The van der Waals surface area contributed by atoms with Gasteiger partial charge in [-0.1, -0.05) is 29.3 Å². The van der Waals surface area contributed by atoms with E-state index in [-0.39, 0.29) is 31.1 Å². The fourth-order valence-corrected chi connectivity index (χ4v) is 3.83. The van der Waals surface area contributed by atoms with Gasteiger partial charge >= 0.3 is 0 Å². The molecule has 0 aliphatic carbocycles. The van der Waals surface area contributed by atoms with Gasteiger partial charge in [0, 0.05) is 6.07 Å². The van der Waals surface area contributed by atoms with Crippen molar-refractivity contribution in [3.63, 3.8) is 0 Å². The summed E-state index contributed by atoms with van der Waals surface area (Å²) in [6.45, 7) is 2.51. The van der Waals surface area contributed by atoms with Gasteiger partial charge in [-0.2, -0.15) is 0 Å². The maximum atomic E-state index is 12.6. The van der Waals surface area contributed by atoms with Crippen LogP contribution in [-0.2, 0) is 4.79 Å². The molecule has 2 heterocycles. The number of aryl methyl sites for hydroxylation is 1. The number of carbonyl (C=O) groups excluding carboxylic acids is 2. The number of fused-ring (bicyclic) bond motifs is 1. The summed E-state index contributed by atoms with van der Waals surface area (Å²) in [5.74, 6) is 1.45. The molecule has 0 bridgehead atoms. The number of amides is 2. The SMILES string of the molecule is Cc1ccc(OCCN2C(=O)S/C(=C\c3cc4c(cc3Cl)OCO4)C2=O)cc1. The Morgan fingerprint density at radius 1 is 1.18 bits per heavy atom. The zero-order chi connectivity index (χ0) is 19.7. The Labute approximate surface area is 171 Å². The number of ether oxygens (including phenoxy) is 3. The first-order valence-corrected chi connectivity index (χ1v) is 9.75. The predicted molar refractivity (Wildman–Crippen MR) is 107 cm³/mol. The van der Waals surface area contributed by atoms with Crippen molar-refractivity contribution < 1.29 is 23.8 Å². The molecule has 6 nitrogen and oxygen atoms in total. The van der Waals surface area contributed by atoms with E-state index < -0.39 is 0 Å². The van der Waals surface area contributed by atoms with Crippen LogP contribution >= 0.6 is 23.4 Å². The van der Waals surface area contributed by atoms with Gasteiger partial charge in [0.25, 0.3) is 11.1 Å². The van der Waals surface area contributed by atoms with Crippen LogP contribution in [0.4, 0.5) is 4.79 Å². The monoisotopic (exact) mass is 417 g/mol. The fraction of sp³-hybridized carbons (Fsp3) is 0.200. The minimum absolute atomic E-state index is 0.132. The quantitative estimate of drug-likeness (QED) is 0.668. The van der Waals surface area contributed by atoms with E-state index in [9.17, 15) is 9.59 Å². The third-order valence-corrected chi connectivity index (χ3v) is 5.49. The Balaban J connectivity index is 1.43. The topological polar surface area (TPSA) is 65.1 Å². The van der Waals surface area contributed by atoms with Crippen LogP contribution in [0.2, 0.25) is 5.02 Å². The van der Waals surface area contributed by atoms with Crippen LogP contribution in [0.15, 0.2) is 41.3 Å². The molecule has 1 fully saturated rings. The number of hydrogen-bond donors (Lipinski definition) is 0. The Bertz CT molecular complexity index is 973. The van der Waals surface area contributed by atoms with Gasteiger partial charge in [0.1, 0.15) is 12.4 Å². The van der Waals surface area contributed by atoms with E-state index in [1.54, 1.807) is 18.2 Å². The molecule has 2 aliphatic rings. The zero-order valence-corrected chi connectivity index (χ0v) is 16.5. The number of benzene rings is 2. The lowest BCUT2D eigenvalue weighted by Gasteiger charge is -2.13. The second-order valence-corrected chi connectivity index (χ2v) is 7.62. The van der Waals surface area contributed by atoms with Gasteiger partial charge in [-0.05, 0) is 48.5 Å². The van der Waals surface area contributed by atoms with Crippen molar-refractivity contribution in [3.05, 3.63) is 57.5 Å². The van der Waals surface area contributed by atoms with E-state index in [0.29, 0.717) is 32.7 Å². The number of hydrogen-bond acceptors (Lipinski definition) is 6. The molecule has 0 spiro atoms. The van der Waals surface area contributed by atoms with Gasteiger partial charge in [-0.25, -0.2) is 0 Å². The highest BCUT2D eigenvalue weighted by Crippen LogP contribution is 2.39. The number of nitrogens with zero attached hydrogens (tertiary/aromatic N) is 1. The van der Waals surface area contributed by atoms with Gasteiger partial charge in [0.05, 0.1) is 16.5 Å². The minimum Gasteiger partial charge on any atom is -0.492 e. The summed E-state index contributed by atoms with van der Waals surface area (Å²) in [5.41, 5.74) is 1.72. The lowest BCUT2D eigenvalue weighted by atomic mass is 10.2. The van der Waals surface area contributed by atoms with Gasteiger partial charge in [-0.15, -0.1) is 0 Å². The molecule has 0 saturated carbocycles. The first kappa shape index (κ1) is 18.7.